The molecule has 68 heavy (non-hydrogen) atoms. The van der Waals surface area contributed by atoms with Gasteiger partial charge in [-0.05, 0) is 0 Å². The van der Waals surface area contributed by atoms with Crippen LogP contribution in [-0.4, -0.2) is 89.6 Å². The van der Waals surface area contributed by atoms with Crippen molar-refractivity contribution in [2.24, 2.45) is 0 Å². The maximum atomic E-state index is 7.17. The van der Waals surface area contributed by atoms with Crippen LogP contribution in [0.5, 0.6) is 0 Å². The van der Waals surface area contributed by atoms with Crippen LogP contribution in [0.3, 0.4) is 0 Å². The van der Waals surface area contributed by atoms with Gasteiger partial charge in [0.05, 0.1) is 0 Å². The number of rotatable bonds is 0. The second kappa shape index (κ2) is 500. The van der Waals surface area contributed by atoms with E-state index < -0.39 is 29.3 Å². The van der Waals surface area contributed by atoms with Gasteiger partial charge in [-0.3, -0.25) is 0 Å². The van der Waals surface area contributed by atoms with Crippen molar-refractivity contribution in [1.29, 1.82) is 0 Å². The summed E-state index contributed by atoms with van der Waals surface area (Å²) in [7, 11) is -8.67. The van der Waals surface area contributed by atoms with Gasteiger partial charge < -0.3 is 134 Å². The summed E-state index contributed by atoms with van der Waals surface area (Å²) < 4.78 is 0. The Morgan fingerprint density at radius 1 is 0.0882 bits per heavy atom. The molecule has 0 bridgehead atoms. The van der Waals surface area contributed by atoms with Crippen LogP contribution in [0.4, 0.5) is 0 Å². The minimum Gasteiger partial charge on any atom is -1.00 e. The van der Waals surface area contributed by atoms with Crippen LogP contribution < -0.4 is 981 Å². The Hall–Kier alpha value is 30.8. The molecule has 0 aromatic rings. The van der Waals surface area contributed by atoms with E-state index in [4.69, 9.17) is 60.3 Å². The third-order valence-electron chi connectivity index (χ3n) is 0. The van der Waals surface area contributed by atoms with E-state index >= 15 is 0 Å². The van der Waals surface area contributed by atoms with E-state index in [1.54, 1.807) is 0 Å². The average molecular weight is 661 g/mol. The Labute approximate surface area is 1120 Å². The van der Waals surface area contributed by atoms with E-state index in [2.05, 4.69) is 0 Å². The first-order chi connectivity index (χ1) is 6.93. The van der Waals surface area contributed by atoms with E-state index in [1.165, 1.54) is 0 Å². The second-order valence-electron chi connectivity index (χ2n) is 1.39. The molecule has 68 heteroatoms. The van der Waals surface area contributed by atoms with Crippen LogP contribution in [0, 0.1) is 0 Å². The maximum Gasteiger partial charge on any atom is 1.00 e. The third-order valence-corrected chi connectivity index (χ3v) is 0. The van der Waals surface area contributed by atoms with Crippen LogP contribution in [0.2, 0.25) is 0 Å². The van der Waals surface area contributed by atoms with Crippen molar-refractivity contribution in [2.45, 2.75) is 0 Å². The van der Waals surface area contributed by atoms with Crippen molar-refractivity contribution < 1.29 is 1120 Å². The molecule has 0 aromatic carbocycles. The average Bonchev–Trinajstić information content (AvgIpc) is 1.76. The van der Waals surface area contributed by atoms with Crippen LogP contribution in [0.25, 0.3) is 0 Å². The van der Waals surface area contributed by atoms with E-state index in [0.717, 1.165) is 0 Å². The summed E-state index contributed by atoms with van der Waals surface area (Å²) in [4.78, 5) is 0. The molecule has 0 unspecified atom stereocenters. The molecule has 0 rings (SSSR count). The molecule has 0 radical (unpaired) electrons. The Morgan fingerprint density at radius 3 is 0.0882 bits per heavy atom. The van der Waals surface area contributed by atoms with Crippen LogP contribution in [0.15, 0.2) is 0 Å². The summed E-state index contributed by atoms with van der Waals surface area (Å²) in [6.45, 7) is 0. The van der Waals surface area contributed by atoms with Gasteiger partial charge in [0.25, 0.3) is 0 Å². The van der Waals surface area contributed by atoms with Gasteiger partial charge in [0.1, 0.15) is 0 Å². The summed E-state index contributed by atoms with van der Waals surface area (Å²) in [5.74, 6) is 0. The molecule has 0 aliphatic heterocycles. The van der Waals surface area contributed by atoms with Gasteiger partial charge in [0, 0.05) is 0 Å². The van der Waals surface area contributed by atoms with Crippen molar-refractivity contribution in [2.75, 3.05) is 0 Å². The molecule has 0 saturated carbocycles. The summed E-state index contributed by atoms with van der Waals surface area (Å²) in [6.07, 6.45) is 0. The van der Waals surface area contributed by atoms with Gasteiger partial charge in [0.15, 0.2) is 0 Å². The fraction of sp³-hybridized carbons (Fsp3) is 0. The molecule has 0 aliphatic rings. The molecule has 12 N–H and O–H groups in total. The van der Waals surface area contributed by atoms with Crippen molar-refractivity contribution in [3.05, 3.63) is 0 Å². The molecule has 200 valence electrons. The largest absolute Gasteiger partial charge is 1.00 e. The predicted octanol–water partition coefficient (Wildman–Crippen LogP) is -158. The molecule has 0 spiro atoms. The number of hydrogen-bond donors (Lipinski definition) is 12. The Balaban J connectivity index is -0.000000000117. The minimum absolute atomic E-state index is 0. The monoisotopic (exact) mass is 665 g/mol. The zero-order valence-corrected chi connectivity index (χ0v) is 59.7. The summed E-state index contributed by atoms with van der Waals surface area (Å²) in [5.41, 5.74) is 0. The zero-order chi connectivity index (χ0) is 14.3. The van der Waals surface area contributed by atoms with Crippen molar-refractivity contribution >= 4 is 29.3 Å². The Kier molecular flexibility index (Phi) is 3790. The second-order valence-corrected chi connectivity index (χ2v) is 1.39. The SMILES string of the molecule is OB(O)O.OB(O)O.OB(O)O.OB(O)O.[H-].[H-].[H-].[H-].[H-].[H-].[H-].[H-].[H-].[H-].[H-].[H-].[H-].[H-].[H-].[H-].[H-].[H-].[H-].[H-].[H-].[H-].[H-].[H-].[H-].[H-].[H-].[H-].[H-].[H-].[H-].[H-].[H-].[H-].[H-].[H-].[H-].[H-].[H-].[H-].[H-].[H-].[H-].[H-].[H-].[H-].[H-].[H-].[H-].[H-].[H-].[H-].[Li+].[Li+].[Li+].[Li+].[Li+].[Li+].[Li+].[Li+].[Li+].[Li+].[Li+].[Li+].[Li+].[Li+].[Li+].[Li+].[Li+].[Li+].[Li+].[Li+].[Li+].[Li+].[Li+].[Li+].[Li+].[Li+].[Li+].[Li+].[Li+].[Li+].[Li+].[Li+].[Li+].[Li+].[Li+].[Li+].[Li+].[Li+].[Li+].[Li+].[Li+].[Li+].[Li+].[Li+].[Li+].[Li+].[Li+].[Li+].[Li+].[Li+].[Li+].[Li+]. The summed E-state index contributed by atoms with van der Waals surface area (Å²) in [5, 5.41) is 86.0. The molecule has 12 nitrogen and oxygen atoms in total. The van der Waals surface area contributed by atoms with Crippen LogP contribution in [0.1, 0.15) is 74.2 Å². The first kappa shape index (κ1) is 516. The molecule has 0 amide bonds. The first-order valence-corrected chi connectivity index (χ1v) is 3.10. The van der Waals surface area contributed by atoms with E-state index in [-0.39, 0.29) is 1050 Å². The van der Waals surface area contributed by atoms with Gasteiger partial charge in [-0.25, -0.2) is 0 Å². The van der Waals surface area contributed by atoms with Crippen LogP contribution >= 0.6 is 0 Å². The van der Waals surface area contributed by atoms with Gasteiger partial charge >= 0.3 is 1010 Å². The Morgan fingerprint density at radius 2 is 0.0882 bits per heavy atom. The Bertz CT molecular complexity index is 228. The molecule has 0 aromatic heterocycles. The fourth-order valence-corrected chi connectivity index (χ4v) is 0. The van der Waals surface area contributed by atoms with Crippen molar-refractivity contribution in [3.8, 4) is 0 Å². The van der Waals surface area contributed by atoms with E-state index in [9.17, 15) is 0 Å². The normalized spacial score (nSPS) is 1.59. The quantitative estimate of drug-likeness (QED) is 0.108. The maximum absolute atomic E-state index is 7.17. The van der Waals surface area contributed by atoms with Gasteiger partial charge in [-0.2, -0.15) is 0 Å². The van der Waals surface area contributed by atoms with Gasteiger partial charge in [-0.15, -0.1) is 0 Å². The molecule has 0 fully saturated rings. The van der Waals surface area contributed by atoms with E-state index in [0.29, 0.717) is 0 Å². The molecule has 0 heterocycles. The number of hydrogen-bond acceptors (Lipinski definition) is 12. The van der Waals surface area contributed by atoms with Gasteiger partial charge in [0.2, 0.25) is 0 Å². The standard InChI is InChI=1S/4BH3O3.52Li.52H/c4*2-1(3)4;;;;;;;;;;;;;;;;;;;;;;;;;;;;;;;;;;;;;;;;;;;;;;;;;;;;;;;;;;;;;;;;;;;;;;;;;;;;;;;;;;;;;;;;;;;;;;;;;;;;;;;;/h4*2-4H;;;;;;;;;;;;;;;;;;;;;;;;;;;;;;;;;;;;;;;;;;;;;;;;;;;;;;;;;;;;;;;;;;;;;;;;;;;;;;;;;;;;;;;;;;;;;;;;;;;;;;;;/q;;;;52*+1;52*-1. The fourth-order valence-electron chi connectivity index (χ4n) is 0. The van der Waals surface area contributed by atoms with Gasteiger partial charge in [-0.1, -0.05) is 0 Å². The molecular weight excluding hydrogens is 596 g/mol. The molecule has 0 aliphatic carbocycles. The predicted molar refractivity (Wildman–Crippen MR) is 107 cm³/mol. The van der Waals surface area contributed by atoms with E-state index in [1.807, 2.05) is 0 Å². The summed E-state index contributed by atoms with van der Waals surface area (Å²) in [6, 6.07) is 0. The van der Waals surface area contributed by atoms with Crippen LogP contribution in [-0.2, 0) is 0 Å². The van der Waals surface area contributed by atoms with Crippen molar-refractivity contribution in [1.82, 2.24) is 0 Å². The molecule has 0 atom stereocenters. The minimum atomic E-state index is -2.17. The smallest absolute Gasteiger partial charge is 1.00 e. The summed E-state index contributed by atoms with van der Waals surface area (Å²) >= 11 is 0. The molecular formula is H64B4Li52O12. The third kappa shape index (κ3) is 935. The first-order valence-electron chi connectivity index (χ1n) is 3.10. The zero-order valence-electron chi connectivity index (χ0n) is 112. The molecule has 0 saturated heterocycles. The van der Waals surface area contributed by atoms with Crippen molar-refractivity contribution in [3.63, 3.8) is 0 Å². The topological polar surface area (TPSA) is 243 Å².